The second kappa shape index (κ2) is 17.7. The van der Waals surface area contributed by atoms with E-state index >= 15 is 0 Å². The van der Waals surface area contributed by atoms with Crippen LogP contribution in [0.2, 0.25) is 0 Å². The molecule has 0 N–H and O–H groups in total. The van der Waals surface area contributed by atoms with Crippen molar-refractivity contribution in [2.24, 2.45) is 0 Å². The summed E-state index contributed by atoms with van der Waals surface area (Å²) < 4.78 is 0. The molecule has 0 heterocycles. The second-order valence-corrected chi connectivity index (χ2v) is 2.76. The van der Waals surface area contributed by atoms with Gasteiger partial charge in [-0.2, -0.15) is 25.3 Å². The van der Waals surface area contributed by atoms with Crippen molar-refractivity contribution in [2.75, 3.05) is 11.5 Å². The molecule has 0 aromatic heterocycles. The molecule has 0 rings (SSSR count). The normalized spacial score (nSPS) is 7.80. The van der Waals surface area contributed by atoms with E-state index in [9.17, 15) is 0 Å². The summed E-state index contributed by atoms with van der Waals surface area (Å²) in [6, 6.07) is 0. The van der Waals surface area contributed by atoms with Crippen molar-refractivity contribution in [2.45, 2.75) is 25.7 Å². The molecule has 0 fully saturated rings. The van der Waals surface area contributed by atoms with E-state index in [0.717, 1.165) is 11.5 Å². The third-order valence-corrected chi connectivity index (χ3v) is 1.70. The summed E-state index contributed by atoms with van der Waals surface area (Å²) in [4.78, 5) is 0. The van der Waals surface area contributed by atoms with Crippen LogP contribution >= 0.6 is 25.3 Å². The van der Waals surface area contributed by atoms with E-state index in [1.165, 1.54) is 25.7 Å². The molecule has 0 aliphatic heterocycles. The van der Waals surface area contributed by atoms with E-state index < -0.39 is 0 Å². The Labute approximate surface area is 120 Å². The van der Waals surface area contributed by atoms with Crippen molar-refractivity contribution in [3.63, 3.8) is 0 Å². The van der Waals surface area contributed by atoms with Crippen LogP contribution in [0, 0.1) is 0 Å². The first-order chi connectivity index (χ1) is 3.91. The molecule has 4 heteroatoms. The van der Waals surface area contributed by atoms with E-state index in [-0.39, 0.29) is 59.1 Å². The maximum atomic E-state index is 4.10. The Balaban J connectivity index is -0.000000245. The Morgan fingerprint density at radius 1 is 0.600 bits per heavy atom. The third kappa shape index (κ3) is 17.0. The first-order valence-corrected chi connectivity index (χ1v) is 4.40. The molecule has 0 aliphatic rings. The van der Waals surface area contributed by atoms with Crippen LogP contribution < -0.4 is 0 Å². The van der Waals surface area contributed by atoms with Gasteiger partial charge in [0.15, 0.2) is 0 Å². The molecule has 10 heavy (non-hydrogen) atoms. The first-order valence-electron chi connectivity index (χ1n) is 3.13. The van der Waals surface area contributed by atoms with Crippen LogP contribution in [-0.4, -0.2) is 70.6 Å². The van der Waals surface area contributed by atoms with Gasteiger partial charge in [-0.3, -0.25) is 0 Å². The van der Waals surface area contributed by atoms with Gasteiger partial charge in [-0.25, -0.2) is 0 Å². The molecule has 0 spiro atoms. The molecule has 0 aliphatic carbocycles. The van der Waals surface area contributed by atoms with Crippen molar-refractivity contribution in [3.05, 3.63) is 0 Å². The molecule has 0 aromatic rings. The van der Waals surface area contributed by atoms with Gasteiger partial charge in [0, 0.05) is 0 Å². The van der Waals surface area contributed by atoms with Crippen molar-refractivity contribution < 1.29 is 0 Å². The molecule has 0 atom stereocenters. The van der Waals surface area contributed by atoms with E-state index in [4.69, 9.17) is 0 Å². The average Bonchev–Trinajstić information content (AvgIpc) is 1.81. The van der Waals surface area contributed by atoms with Crippen molar-refractivity contribution in [1.29, 1.82) is 0 Å². The molecule has 0 amide bonds. The zero-order valence-electron chi connectivity index (χ0n) is 5.14. The topological polar surface area (TPSA) is 0 Å². The molecule has 0 bridgehead atoms. The second-order valence-electron chi connectivity index (χ2n) is 1.86. The van der Waals surface area contributed by atoms with Crippen LogP contribution in [0.1, 0.15) is 25.7 Å². The summed E-state index contributed by atoms with van der Waals surface area (Å²) in [6.45, 7) is 0. The first kappa shape index (κ1) is 18.5. The number of hydrogen-bond acceptors (Lipinski definition) is 2. The van der Waals surface area contributed by atoms with E-state index in [1.54, 1.807) is 0 Å². The Morgan fingerprint density at radius 2 is 0.900 bits per heavy atom. The van der Waals surface area contributed by atoms with Gasteiger partial charge in [0.25, 0.3) is 0 Å². The predicted molar refractivity (Wildman–Crippen MR) is 60.5 cm³/mol. The summed E-state index contributed by atoms with van der Waals surface area (Å²) in [5, 5.41) is 0. The van der Waals surface area contributed by atoms with Crippen LogP contribution in [0.5, 0.6) is 0 Å². The number of hydrogen-bond donors (Lipinski definition) is 2. The van der Waals surface area contributed by atoms with Crippen LogP contribution in [0.15, 0.2) is 0 Å². The van der Waals surface area contributed by atoms with Gasteiger partial charge in [-0.15, -0.1) is 0 Å². The Kier molecular flexibility index (Phi) is 32.7. The summed E-state index contributed by atoms with van der Waals surface area (Å²) in [6.07, 6.45) is 5.17. The van der Waals surface area contributed by atoms with Crippen LogP contribution in [0.25, 0.3) is 0 Å². The summed E-state index contributed by atoms with van der Waals surface area (Å²) in [5.74, 6) is 2.07. The standard InChI is InChI=1S/C6H14S2.2Na.2H/c7-5-3-1-2-4-6-8;;;;/h7-8H,1-6H2;;;;. The van der Waals surface area contributed by atoms with Crippen LogP contribution in [-0.2, 0) is 0 Å². The van der Waals surface area contributed by atoms with Crippen molar-refractivity contribution in [3.8, 4) is 0 Å². The fourth-order valence-corrected chi connectivity index (χ4v) is 1.02. The molecular weight excluding hydrogens is 182 g/mol. The van der Waals surface area contributed by atoms with E-state index in [0.29, 0.717) is 0 Å². The van der Waals surface area contributed by atoms with Gasteiger partial charge in [-0.05, 0) is 24.3 Å². The van der Waals surface area contributed by atoms with Gasteiger partial charge in [0.1, 0.15) is 0 Å². The molecule has 0 saturated heterocycles. The van der Waals surface area contributed by atoms with Gasteiger partial charge >= 0.3 is 59.1 Å². The fourth-order valence-electron chi connectivity index (χ4n) is 0.577. The molecule has 0 radical (unpaired) electrons. The summed E-state index contributed by atoms with van der Waals surface area (Å²) >= 11 is 8.21. The van der Waals surface area contributed by atoms with Gasteiger partial charge in [0.05, 0.1) is 0 Å². The molecule has 0 saturated carbocycles. The quantitative estimate of drug-likeness (QED) is 0.369. The molecular formula is C6H16Na2S2. The van der Waals surface area contributed by atoms with Crippen LogP contribution in [0.4, 0.5) is 0 Å². The van der Waals surface area contributed by atoms with E-state index in [1.807, 2.05) is 0 Å². The molecule has 0 aromatic carbocycles. The molecule has 0 nitrogen and oxygen atoms in total. The van der Waals surface area contributed by atoms with Gasteiger partial charge in [-0.1, -0.05) is 12.8 Å². The van der Waals surface area contributed by atoms with Gasteiger partial charge < -0.3 is 0 Å². The zero-order chi connectivity index (χ0) is 6.24. The minimum absolute atomic E-state index is 0. The third-order valence-electron chi connectivity index (χ3n) is 1.07. The minimum atomic E-state index is 0. The van der Waals surface area contributed by atoms with Crippen molar-refractivity contribution >= 4 is 84.4 Å². The Hall–Kier alpha value is 2.70. The maximum absolute atomic E-state index is 4.10. The van der Waals surface area contributed by atoms with E-state index in [2.05, 4.69) is 25.3 Å². The fraction of sp³-hybridized carbons (Fsp3) is 1.00. The number of unbranched alkanes of at least 4 members (excludes halogenated alkanes) is 3. The summed E-state index contributed by atoms with van der Waals surface area (Å²) in [7, 11) is 0. The van der Waals surface area contributed by atoms with Crippen molar-refractivity contribution in [1.82, 2.24) is 0 Å². The van der Waals surface area contributed by atoms with Crippen LogP contribution in [0.3, 0.4) is 0 Å². The van der Waals surface area contributed by atoms with Gasteiger partial charge in [0.2, 0.25) is 0 Å². The number of thiol groups is 2. The zero-order valence-corrected chi connectivity index (χ0v) is 6.93. The molecule has 54 valence electrons. The Morgan fingerprint density at radius 3 is 1.10 bits per heavy atom. The molecule has 0 unspecified atom stereocenters. The summed E-state index contributed by atoms with van der Waals surface area (Å²) in [5.41, 5.74) is 0. The average molecular weight is 198 g/mol. The monoisotopic (exact) mass is 198 g/mol. The number of rotatable bonds is 5. The predicted octanol–water partition coefficient (Wildman–Crippen LogP) is 1.11. The Bertz CT molecular complexity index is 38.7. The SMILES string of the molecule is SCCCCCCS.[NaH].[NaH].